The molecule has 0 amide bonds. The maximum atomic E-state index is 12.0. The van der Waals surface area contributed by atoms with E-state index < -0.39 is 12.6 Å². The lowest BCUT2D eigenvalue weighted by molar-refractivity contribution is -0.135. The van der Waals surface area contributed by atoms with Gasteiger partial charge in [-0.1, -0.05) is 6.92 Å². The van der Waals surface area contributed by atoms with E-state index in [2.05, 4.69) is 5.32 Å². The first-order valence-electron chi connectivity index (χ1n) is 6.60. The third-order valence-corrected chi connectivity index (χ3v) is 4.04. The van der Waals surface area contributed by atoms with E-state index in [4.69, 9.17) is 10.5 Å². The predicted octanol–water partition coefficient (Wildman–Crippen LogP) is 4.08. The van der Waals surface area contributed by atoms with Crippen molar-refractivity contribution in [2.24, 2.45) is 0 Å². The Kier molecular flexibility index (Phi) is 6.32. The van der Waals surface area contributed by atoms with Crippen LogP contribution in [0, 0.1) is 0 Å². The second kappa shape index (κ2) is 7.53. The lowest BCUT2D eigenvalue weighted by Gasteiger charge is -2.08. The molecular formula is C13H19F3N2O2S. The number of thiophene rings is 1. The number of carbonyl (C=O) groups is 1. The van der Waals surface area contributed by atoms with Crippen molar-refractivity contribution in [1.29, 1.82) is 0 Å². The SMILES string of the molecule is CCC(=O)c1sc(NCCCCC(F)(F)F)c(OC)c1N. The first-order chi connectivity index (χ1) is 9.80. The molecule has 1 rings (SSSR count). The van der Waals surface area contributed by atoms with Gasteiger partial charge in [-0.25, -0.2) is 0 Å². The van der Waals surface area contributed by atoms with Crippen molar-refractivity contribution in [3.63, 3.8) is 0 Å². The minimum atomic E-state index is -4.12. The lowest BCUT2D eigenvalue weighted by atomic mass is 10.2. The highest BCUT2D eigenvalue weighted by atomic mass is 32.1. The van der Waals surface area contributed by atoms with Crippen LogP contribution in [0.1, 0.15) is 42.3 Å². The first-order valence-corrected chi connectivity index (χ1v) is 7.41. The van der Waals surface area contributed by atoms with E-state index in [9.17, 15) is 18.0 Å². The number of Topliss-reactive ketones (excluding diaryl/α,β-unsaturated/α-hetero) is 1. The third kappa shape index (κ3) is 5.11. The van der Waals surface area contributed by atoms with Crippen molar-refractivity contribution >= 4 is 27.8 Å². The van der Waals surface area contributed by atoms with Crippen LogP contribution >= 0.6 is 11.3 Å². The zero-order valence-electron chi connectivity index (χ0n) is 12.0. The minimum Gasteiger partial charge on any atom is -0.492 e. The molecule has 0 aliphatic rings. The number of nitrogens with two attached hydrogens (primary N) is 1. The van der Waals surface area contributed by atoms with Gasteiger partial charge in [0, 0.05) is 19.4 Å². The number of hydrogen-bond acceptors (Lipinski definition) is 5. The summed E-state index contributed by atoms with van der Waals surface area (Å²) in [6.45, 7) is 2.10. The molecule has 120 valence electrons. The molecule has 0 fully saturated rings. The largest absolute Gasteiger partial charge is 0.492 e. The summed E-state index contributed by atoms with van der Waals surface area (Å²) < 4.78 is 41.2. The maximum Gasteiger partial charge on any atom is 0.389 e. The Morgan fingerprint density at radius 3 is 2.57 bits per heavy atom. The highest BCUT2D eigenvalue weighted by molar-refractivity contribution is 7.19. The van der Waals surface area contributed by atoms with E-state index in [0.29, 0.717) is 35.0 Å². The van der Waals surface area contributed by atoms with Crippen molar-refractivity contribution < 1.29 is 22.7 Å². The van der Waals surface area contributed by atoms with Crippen molar-refractivity contribution in [3.05, 3.63) is 4.88 Å². The van der Waals surface area contributed by atoms with Crippen LogP contribution in [0.5, 0.6) is 5.75 Å². The standard InChI is InChI=1S/C13H19F3N2O2S/c1-3-8(19)11-9(17)10(20-2)12(21-11)18-7-5-4-6-13(14,15)16/h18H,3-7,17H2,1-2H3. The molecule has 0 bridgehead atoms. The first kappa shape index (κ1) is 17.6. The molecule has 0 aliphatic carbocycles. The van der Waals surface area contributed by atoms with Gasteiger partial charge in [0.1, 0.15) is 5.00 Å². The van der Waals surface area contributed by atoms with Gasteiger partial charge in [0.15, 0.2) is 11.5 Å². The number of alkyl halides is 3. The molecule has 0 saturated carbocycles. The normalized spacial score (nSPS) is 11.5. The van der Waals surface area contributed by atoms with Crippen LogP contribution < -0.4 is 15.8 Å². The van der Waals surface area contributed by atoms with Crippen LogP contribution in [-0.2, 0) is 0 Å². The molecule has 1 aromatic rings. The number of rotatable bonds is 8. The number of anilines is 2. The molecule has 8 heteroatoms. The van der Waals surface area contributed by atoms with Gasteiger partial charge in [0.05, 0.1) is 17.7 Å². The van der Waals surface area contributed by atoms with E-state index in [1.165, 1.54) is 18.4 Å². The lowest BCUT2D eigenvalue weighted by Crippen LogP contribution is -2.08. The van der Waals surface area contributed by atoms with E-state index >= 15 is 0 Å². The quantitative estimate of drug-likeness (QED) is 0.559. The predicted molar refractivity (Wildman–Crippen MR) is 78.3 cm³/mol. The Morgan fingerprint density at radius 2 is 2.05 bits per heavy atom. The number of halogens is 3. The number of nitrogens with one attached hydrogen (secondary N) is 1. The molecular weight excluding hydrogens is 305 g/mol. The second-order valence-corrected chi connectivity index (χ2v) is 5.50. The van der Waals surface area contributed by atoms with Crippen molar-refractivity contribution in [2.45, 2.75) is 38.8 Å². The van der Waals surface area contributed by atoms with Crippen LogP contribution in [-0.4, -0.2) is 25.6 Å². The van der Waals surface area contributed by atoms with Crippen LogP contribution in [0.4, 0.5) is 23.9 Å². The molecule has 3 N–H and O–H groups in total. The zero-order valence-corrected chi connectivity index (χ0v) is 12.8. The highest BCUT2D eigenvalue weighted by Gasteiger charge is 2.26. The minimum absolute atomic E-state index is 0.0560. The molecule has 0 saturated heterocycles. The van der Waals surface area contributed by atoms with Gasteiger partial charge >= 0.3 is 6.18 Å². The van der Waals surface area contributed by atoms with Crippen molar-refractivity contribution in [3.8, 4) is 5.75 Å². The van der Waals surface area contributed by atoms with Gasteiger partial charge in [0.2, 0.25) is 0 Å². The molecule has 0 atom stereocenters. The summed E-state index contributed by atoms with van der Waals surface area (Å²) in [6.07, 6.45) is -4.15. The number of nitrogen functional groups attached to an aromatic ring is 1. The fourth-order valence-electron chi connectivity index (χ4n) is 1.77. The summed E-state index contributed by atoms with van der Waals surface area (Å²) in [4.78, 5) is 12.1. The van der Waals surface area contributed by atoms with Gasteiger partial charge in [-0.05, 0) is 12.8 Å². The molecule has 1 heterocycles. The monoisotopic (exact) mass is 324 g/mol. The van der Waals surface area contributed by atoms with Crippen molar-refractivity contribution in [1.82, 2.24) is 0 Å². The average Bonchev–Trinajstić information content (AvgIpc) is 2.72. The van der Waals surface area contributed by atoms with E-state index in [1.807, 2.05) is 0 Å². The highest BCUT2D eigenvalue weighted by Crippen LogP contribution is 2.42. The van der Waals surface area contributed by atoms with Gasteiger partial charge in [0.25, 0.3) is 0 Å². The zero-order chi connectivity index (χ0) is 16.0. The summed E-state index contributed by atoms with van der Waals surface area (Å²) >= 11 is 1.17. The Labute approximate surface area is 125 Å². The van der Waals surface area contributed by atoms with Crippen molar-refractivity contribution in [2.75, 3.05) is 24.7 Å². The van der Waals surface area contributed by atoms with Gasteiger partial charge in [-0.2, -0.15) is 13.2 Å². The molecule has 0 aromatic carbocycles. The van der Waals surface area contributed by atoms with Crippen LogP contribution in [0.25, 0.3) is 0 Å². The van der Waals surface area contributed by atoms with Gasteiger partial charge in [-0.15, -0.1) is 11.3 Å². The topological polar surface area (TPSA) is 64.3 Å². The maximum absolute atomic E-state index is 12.0. The summed E-state index contributed by atoms with van der Waals surface area (Å²) in [5.41, 5.74) is 6.14. The van der Waals surface area contributed by atoms with E-state index in [1.54, 1.807) is 6.92 Å². The smallest absolute Gasteiger partial charge is 0.389 e. The fraction of sp³-hybridized carbons (Fsp3) is 0.615. The number of carbonyl (C=O) groups excluding carboxylic acids is 1. The molecule has 0 unspecified atom stereocenters. The number of methoxy groups -OCH3 is 1. The van der Waals surface area contributed by atoms with E-state index in [0.717, 1.165) is 0 Å². The molecule has 21 heavy (non-hydrogen) atoms. The Hall–Kier alpha value is -1.44. The van der Waals surface area contributed by atoms with E-state index in [-0.39, 0.29) is 17.9 Å². The summed E-state index contributed by atoms with van der Waals surface area (Å²) in [5.74, 6) is 0.300. The van der Waals surface area contributed by atoms with Gasteiger partial charge < -0.3 is 15.8 Å². The Morgan fingerprint density at radius 1 is 1.38 bits per heavy atom. The fourth-order valence-corrected chi connectivity index (χ4v) is 2.89. The summed E-state index contributed by atoms with van der Waals surface area (Å²) in [5, 5.41) is 3.57. The average molecular weight is 324 g/mol. The number of ether oxygens (including phenoxy) is 1. The molecule has 0 aliphatic heterocycles. The third-order valence-electron chi connectivity index (χ3n) is 2.85. The molecule has 0 radical (unpaired) electrons. The van der Waals surface area contributed by atoms with Crippen LogP contribution in [0.2, 0.25) is 0 Å². The second-order valence-electron chi connectivity index (χ2n) is 4.48. The van der Waals surface area contributed by atoms with Crippen LogP contribution in [0.15, 0.2) is 0 Å². The number of hydrogen-bond donors (Lipinski definition) is 2. The number of ketones is 1. The van der Waals surface area contributed by atoms with Crippen LogP contribution in [0.3, 0.4) is 0 Å². The molecule has 4 nitrogen and oxygen atoms in total. The number of unbranched alkanes of at least 4 members (excludes halogenated alkanes) is 1. The van der Waals surface area contributed by atoms with Gasteiger partial charge in [-0.3, -0.25) is 4.79 Å². The molecule has 0 spiro atoms. The Bertz CT molecular complexity index is 486. The molecule has 1 aromatic heterocycles. The Balaban J connectivity index is 2.61. The summed E-state index contributed by atoms with van der Waals surface area (Å²) in [6, 6.07) is 0. The summed E-state index contributed by atoms with van der Waals surface area (Å²) in [7, 11) is 1.44.